The molecular weight excluding hydrogens is 505 g/mol. The molecule has 0 unspecified atom stereocenters. The van der Waals surface area contributed by atoms with Gasteiger partial charge in [-0.3, -0.25) is 0 Å². The first-order valence-electron chi connectivity index (χ1n) is 7.36. The van der Waals surface area contributed by atoms with E-state index in [1.165, 1.54) is 24.3 Å². The van der Waals surface area contributed by atoms with E-state index in [4.69, 9.17) is 50.5 Å². The average molecular weight is 515 g/mol. The molecule has 2 aromatic rings. The van der Waals surface area contributed by atoms with Crippen molar-refractivity contribution >= 4 is 83.8 Å². The van der Waals surface area contributed by atoms with E-state index < -0.39 is 0 Å². The van der Waals surface area contributed by atoms with Crippen LogP contribution in [0.15, 0.2) is 56.0 Å². The molecule has 0 amide bonds. The summed E-state index contributed by atoms with van der Waals surface area (Å²) < 4.78 is 25.8. The van der Waals surface area contributed by atoms with Crippen molar-refractivity contribution in [3.05, 3.63) is 69.0 Å². The van der Waals surface area contributed by atoms with E-state index in [9.17, 15) is 8.78 Å². The van der Waals surface area contributed by atoms with E-state index in [2.05, 4.69) is 0 Å². The van der Waals surface area contributed by atoms with Crippen molar-refractivity contribution in [3.8, 4) is 0 Å². The molecule has 27 heavy (non-hydrogen) atoms. The Morgan fingerprint density at radius 2 is 1.04 bits per heavy atom. The van der Waals surface area contributed by atoms with Gasteiger partial charge < -0.3 is 50.5 Å². The molecule has 0 saturated carbocycles. The molecular formula is C18H10F2NiS6-4. The summed E-state index contributed by atoms with van der Waals surface area (Å²) in [6.07, 6.45) is 0. The Morgan fingerprint density at radius 1 is 0.667 bits per heavy atom. The van der Waals surface area contributed by atoms with Gasteiger partial charge in [0.2, 0.25) is 0 Å². The van der Waals surface area contributed by atoms with Crippen LogP contribution in [-0.4, -0.2) is 11.5 Å². The second-order valence-corrected chi connectivity index (χ2v) is 9.20. The number of halogens is 2. The number of fused-ring (bicyclic) bond motifs is 2. The first-order chi connectivity index (χ1) is 12.4. The molecule has 0 radical (unpaired) electrons. The van der Waals surface area contributed by atoms with E-state index in [1.807, 2.05) is 0 Å². The van der Waals surface area contributed by atoms with Crippen LogP contribution >= 0.6 is 23.5 Å². The Balaban J connectivity index is 0.000000187. The average Bonchev–Trinajstić information content (AvgIpc) is 2.63. The maximum absolute atomic E-state index is 12.9. The van der Waals surface area contributed by atoms with Crippen molar-refractivity contribution in [2.24, 2.45) is 0 Å². The summed E-state index contributed by atoms with van der Waals surface area (Å²) in [4.78, 5) is 4.81. The first kappa shape index (κ1) is 23.1. The maximum Gasteiger partial charge on any atom is 0.123 e. The molecule has 0 aromatic heterocycles. The predicted octanol–water partition coefficient (Wildman–Crippen LogP) is 5.39. The third-order valence-corrected chi connectivity index (χ3v) is 8.05. The number of thioether (sulfide) groups is 2. The fourth-order valence-corrected chi connectivity index (χ4v) is 5.52. The summed E-state index contributed by atoms with van der Waals surface area (Å²) >= 11 is 23.6. The van der Waals surface area contributed by atoms with Crippen molar-refractivity contribution in [3.63, 3.8) is 0 Å². The van der Waals surface area contributed by atoms with Gasteiger partial charge in [-0.1, -0.05) is 0 Å². The van der Waals surface area contributed by atoms with Gasteiger partial charge >= 0.3 is 0 Å². The molecule has 4 rings (SSSR count). The summed E-state index contributed by atoms with van der Waals surface area (Å²) in [5.41, 5.74) is 1.55. The molecule has 0 atom stereocenters. The molecule has 0 spiro atoms. The molecule has 0 nitrogen and oxygen atoms in total. The molecule has 2 aliphatic heterocycles. The maximum atomic E-state index is 12.9. The van der Waals surface area contributed by atoms with Gasteiger partial charge in [-0.15, -0.1) is 23.5 Å². The van der Waals surface area contributed by atoms with Crippen LogP contribution in [0.25, 0.3) is 9.81 Å². The van der Waals surface area contributed by atoms with Gasteiger partial charge in [0.1, 0.15) is 11.6 Å². The SMILES string of the molecule is Fc1ccc2c(c1)C([S-])=C([S-])CS2.Fc1ccc2c(c1)C([S-])=C([S-])CS2.[Ni]. The topological polar surface area (TPSA) is 0 Å². The van der Waals surface area contributed by atoms with Crippen LogP contribution in [-0.2, 0) is 67.0 Å². The molecule has 0 N–H and O–H groups in total. The van der Waals surface area contributed by atoms with Gasteiger partial charge in [-0.2, -0.15) is 9.81 Å². The number of hydrogen-bond donors (Lipinski definition) is 0. The van der Waals surface area contributed by atoms with Crippen molar-refractivity contribution in [2.45, 2.75) is 9.79 Å². The van der Waals surface area contributed by atoms with Crippen LogP contribution in [0, 0.1) is 11.6 Å². The van der Waals surface area contributed by atoms with Gasteiger partial charge in [-0.25, -0.2) is 18.6 Å². The number of rotatable bonds is 0. The molecule has 9 heteroatoms. The summed E-state index contributed by atoms with van der Waals surface area (Å²) in [6, 6.07) is 9.31. The quantitative estimate of drug-likeness (QED) is 0.339. The van der Waals surface area contributed by atoms with Crippen LogP contribution < -0.4 is 0 Å². The van der Waals surface area contributed by atoms with Gasteiger partial charge in [0, 0.05) is 26.3 Å². The van der Waals surface area contributed by atoms with Crippen LogP contribution in [0.3, 0.4) is 0 Å². The first-order valence-corrected chi connectivity index (χ1v) is 11.0. The molecule has 2 heterocycles. The Bertz CT molecular complexity index is 851. The van der Waals surface area contributed by atoms with Crippen LogP contribution in [0.1, 0.15) is 11.1 Å². The Morgan fingerprint density at radius 3 is 1.41 bits per heavy atom. The van der Waals surface area contributed by atoms with Gasteiger partial charge in [0.25, 0.3) is 0 Å². The van der Waals surface area contributed by atoms with E-state index in [0.717, 1.165) is 42.2 Å². The van der Waals surface area contributed by atoms with E-state index >= 15 is 0 Å². The monoisotopic (exact) mass is 514 g/mol. The second-order valence-electron chi connectivity index (χ2n) is 5.36. The third kappa shape index (κ3) is 5.47. The summed E-state index contributed by atoms with van der Waals surface area (Å²) in [5.74, 6) is 0.970. The molecule has 146 valence electrons. The number of benzene rings is 2. The van der Waals surface area contributed by atoms with Crippen LogP contribution in [0.5, 0.6) is 0 Å². The normalized spacial score (nSPS) is 15.2. The molecule has 2 aromatic carbocycles. The second kappa shape index (κ2) is 10.1. The summed E-state index contributed by atoms with van der Waals surface area (Å²) in [7, 11) is 0. The van der Waals surface area contributed by atoms with Gasteiger partial charge in [0.05, 0.1) is 0 Å². The predicted molar refractivity (Wildman–Crippen MR) is 118 cm³/mol. The zero-order valence-corrected chi connectivity index (χ0v) is 19.3. The van der Waals surface area contributed by atoms with Crippen molar-refractivity contribution in [1.29, 1.82) is 0 Å². The van der Waals surface area contributed by atoms with Crippen molar-refractivity contribution in [2.75, 3.05) is 11.5 Å². The zero-order chi connectivity index (χ0) is 18.8. The molecule has 0 aliphatic carbocycles. The molecule has 0 bridgehead atoms. The van der Waals surface area contributed by atoms with Gasteiger partial charge in [-0.05, 0) is 59.0 Å². The van der Waals surface area contributed by atoms with Crippen LogP contribution in [0.2, 0.25) is 0 Å². The Labute approximate surface area is 198 Å². The fourth-order valence-electron chi connectivity index (χ4n) is 2.33. The van der Waals surface area contributed by atoms with Crippen molar-refractivity contribution in [1.82, 2.24) is 0 Å². The smallest absolute Gasteiger partial charge is 0.123 e. The van der Waals surface area contributed by atoms with E-state index in [-0.39, 0.29) is 28.1 Å². The summed E-state index contributed by atoms with van der Waals surface area (Å²) in [6.45, 7) is 0. The van der Waals surface area contributed by atoms with E-state index in [1.54, 1.807) is 35.7 Å². The van der Waals surface area contributed by atoms with Gasteiger partial charge in [0.15, 0.2) is 0 Å². The standard InChI is InChI=1S/2C9H7FS3.Ni/c2*10-5-1-2-8-6(3-5)9(12)7(11)4-13-8;/h2*1-3,11-12H,4H2;/p-4. The minimum Gasteiger partial charge on any atom is -0.784 e. The fraction of sp³-hybridized carbons (Fsp3) is 0.111. The zero-order valence-electron chi connectivity index (χ0n) is 13.4. The molecule has 2 aliphatic rings. The van der Waals surface area contributed by atoms with Crippen molar-refractivity contribution < 1.29 is 25.3 Å². The van der Waals surface area contributed by atoms with Crippen LogP contribution in [0.4, 0.5) is 8.78 Å². The summed E-state index contributed by atoms with van der Waals surface area (Å²) in [5, 5.41) is 0. The minimum absolute atomic E-state index is 0. The largest absolute Gasteiger partial charge is 0.784 e. The number of hydrogen-bond acceptors (Lipinski definition) is 6. The Hall–Kier alpha value is -0.146. The molecule has 0 fully saturated rings. The third-order valence-electron chi connectivity index (χ3n) is 3.60. The Kier molecular flexibility index (Phi) is 8.62. The molecule has 0 saturated heterocycles. The van der Waals surface area contributed by atoms with E-state index in [0.29, 0.717) is 9.81 Å². The minimum atomic E-state index is -0.258.